The fourth-order valence-electron chi connectivity index (χ4n) is 2.28. The lowest BCUT2D eigenvalue weighted by Crippen LogP contribution is -2.05. The number of hydrogen-bond acceptors (Lipinski definition) is 4. The lowest BCUT2D eigenvalue weighted by atomic mass is 10.1. The molecule has 0 saturated heterocycles. The summed E-state index contributed by atoms with van der Waals surface area (Å²) in [5.74, 6) is 1.43. The van der Waals surface area contributed by atoms with Gasteiger partial charge in [0.05, 0.1) is 6.10 Å². The molecule has 0 aliphatic rings. The van der Waals surface area contributed by atoms with Gasteiger partial charge in [-0.05, 0) is 72.1 Å². The Hall–Kier alpha value is -1.13. The normalized spacial score (nSPS) is 14.6. The van der Waals surface area contributed by atoms with Gasteiger partial charge >= 0.3 is 7.60 Å². The minimum absolute atomic E-state index is 0.141. The Morgan fingerprint density at radius 3 is 2.64 bits per heavy atom. The molecule has 1 rings (SSSR count). The van der Waals surface area contributed by atoms with E-state index >= 15 is 0 Å². The number of furan rings is 1. The van der Waals surface area contributed by atoms with Crippen LogP contribution < -0.4 is 0 Å². The average Bonchev–Trinajstić information content (AvgIpc) is 2.76. The summed E-state index contributed by atoms with van der Waals surface area (Å²) in [7, 11) is -3.72. The van der Waals surface area contributed by atoms with E-state index in [0.29, 0.717) is 5.76 Å². The van der Waals surface area contributed by atoms with Gasteiger partial charge in [0, 0.05) is 0 Å². The van der Waals surface area contributed by atoms with Crippen LogP contribution in [0, 0.1) is 6.92 Å². The minimum atomic E-state index is -3.72. The summed E-state index contributed by atoms with van der Waals surface area (Å²) in [5.41, 5.74) is 3.52. The molecule has 0 radical (unpaired) electrons. The lowest BCUT2D eigenvalue weighted by molar-refractivity contribution is 0.111. The molecule has 142 valence electrons. The molecular weight excluding hydrogens is 339 g/mol. The van der Waals surface area contributed by atoms with Crippen molar-refractivity contribution in [1.29, 1.82) is 0 Å². The van der Waals surface area contributed by atoms with Crippen molar-refractivity contribution in [1.82, 2.24) is 0 Å². The van der Waals surface area contributed by atoms with Crippen molar-refractivity contribution in [2.75, 3.05) is 6.35 Å². The van der Waals surface area contributed by atoms with Crippen LogP contribution in [0.25, 0.3) is 6.08 Å². The van der Waals surface area contributed by atoms with Crippen molar-refractivity contribution in [2.45, 2.75) is 67.1 Å². The quantitative estimate of drug-likeness (QED) is 0.415. The zero-order chi connectivity index (χ0) is 19.0. The molecule has 0 fully saturated rings. The van der Waals surface area contributed by atoms with Gasteiger partial charge in [-0.2, -0.15) is 0 Å². The van der Waals surface area contributed by atoms with Gasteiger partial charge in [0.1, 0.15) is 24.5 Å². The molecule has 0 saturated carbocycles. The molecule has 6 heteroatoms. The van der Waals surface area contributed by atoms with Crippen LogP contribution in [0.15, 0.2) is 27.7 Å². The Morgan fingerprint density at radius 1 is 1.36 bits per heavy atom. The van der Waals surface area contributed by atoms with E-state index < -0.39 is 7.60 Å². The minimum Gasteiger partial charge on any atom is -0.459 e. The molecule has 1 heterocycles. The topological polar surface area (TPSA) is 68.9 Å². The predicted octanol–water partition coefficient (Wildman–Crippen LogP) is 5.82. The van der Waals surface area contributed by atoms with Crippen molar-refractivity contribution in [2.24, 2.45) is 0 Å². The van der Waals surface area contributed by atoms with Gasteiger partial charge in [-0.1, -0.05) is 17.2 Å². The van der Waals surface area contributed by atoms with Crippen LogP contribution in [-0.2, 0) is 20.4 Å². The maximum atomic E-state index is 11.8. The van der Waals surface area contributed by atoms with Crippen LogP contribution in [0.4, 0.5) is 0 Å². The zero-order valence-corrected chi connectivity index (χ0v) is 17.1. The van der Waals surface area contributed by atoms with Gasteiger partial charge in [-0.25, -0.2) is 0 Å². The number of allylic oxidation sites excluding steroid dienone is 3. The molecule has 0 amide bonds. The SMILES string of the molecule is CC(C)=CCC/C(C)=C/c1cc(C)c(COCP(=O)(O)OC(C)C)o1. The van der Waals surface area contributed by atoms with E-state index in [1.165, 1.54) is 11.1 Å². The summed E-state index contributed by atoms with van der Waals surface area (Å²) in [6, 6.07) is 1.95. The van der Waals surface area contributed by atoms with Crippen molar-refractivity contribution < 1.29 is 23.1 Å². The second-order valence-corrected chi connectivity index (χ2v) is 8.58. The zero-order valence-electron chi connectivity index (χ0n) is 16.2. The second kappa shape index (κ2) is 10.1. The van der Waals surface area contributed by atoms with Gasteiger partial charge in [0.15, 0.2) is 0 Å². The first-order valence-electron chi connectivity index (χ1n) is 8.57. The Kier molecular flexibility index (Phi) is 8.87. The fourth-order valence-corrected chi connectivity index (χ4v) is 3.32. The number of hydrogen-bond donors (Lipinski definition) is 1. The van der Waals surface area contributed by atoms with Gasteiger partial charge in [0.2, 0.25) is 0 Å². The number of ether oxygens (including phenoxy) is 1. The summed E-state index contributed by atoms with van der Waals surface area (Å²) >= 11 is 0. The summed E-state index contributed by atoms with van der Waals surface area (Å²) in [6.45, 7) is 11.8. The standard InChI is InChI=1S/C19H31O5P/c1-14(2)8-7-9-16(5)10-18-11-17(6)19(23-18)12-22-13-25(20,21)24-15(3)4/h8,10-11,15H,7,9,12-13H2,1-6H3,(H,20,21)/b16-10+. The fraction of sp³-hybridized carbons (Fsp3) is 0.579. The second-order valence-electron chi connectivity index (χ2n) is 6.83. The maximum Gasteiger partial charge on any atom is 0.353 e. The van der Waals surface area contributed by atoms with E-state index in [-0.39, 0.29) is 19.1 Å². The molecule has 0 spiro atoms. The van der Waals surface area contributed by atoms with Crippen molar-refractivity contribution in [3.8, 4) is 0 Å². The van der Waals surface area contributed by atoms with Crippen molar-refractivity contribution in [3.63, 3.8) is 0 Å². The monoisotopic (exact) mass is 370 g/mol. The summed E-state index contributed by atoms with van der Waals surface area (Å²) < 4.78 is 27.8. The molecule has 0 aromatic carbocycles. The highest BCUT2D eigenvalue weighted by Gasteiger charge is 2.21. The van der Waals surface area contributed by atoms with Crippen LogP contribution in [0.5, 0.6) is 0 Å². The van der Waals surface area contributed by atoms with Crippen molar-refractivity contribution >= 4 is 13.7 Å². The first kappa shape index (κ1) is 21.9. The molecular formula is C19H31O5P. The Bertz CT molecular complexity index is 651. The predicted molar refractivity (Wildman–Crippen MR) is 101 cm³/mol. The highest BCUT2D eigenvalue weighted by molar-refractivity contribution is 7.52. The molecule has 1 atom stereocenters. The highest BCUT2D eigenvalue weighted by Crippen LogP contribution is 2.43. The molecule has 0 bridgehead atoms. The molecule has 0 aliphatic carbocycles. The number of rotatable bonds is 10. The molecule has 5 nitrogen and oxygen atoms in total. The van der Waals surface area contributed by atoms with Gasteiger partial charge < -0.3 is 18.6 Å². The van der Waals surface area contributed by atoms with Crippen molar-refractivity contribution in [3.05, 3.63) is 40.4 Å². The smallest absolute Gasteiger partial charge is 0.353 e. The first-order valence-corrected chi connectivity index (χ1v) is 10.3. The highest BCUT2D eigenvalue weighted by atomic mass is 31.2. The van der Waals surface area contributed by atoms with Crippen LogP contribution in [-0.4, -0.2) is 17.3 Å². The number of aryl methyl sites for hydroxylation is 1. The third-order valence-electron chi connectivity index (χ3n) is 3.38. The molecule has 1 aromatic heterocycles. The molecule has 25 heavy (non-hydrogen) atoms. The van der Waals surface area contributed by atoms with Crippen LogP contribution in [0.2, 0.25) is 0 Å². The van der Waals surface area contributed by atoms with Crippen LogP contribution in [0.3, 0.4) is 0 Å². The average molecular weight is 370 g/mol. The Labute approximate surface area is 151 Å². The molecule has 0 aliphatic heterocycles. The third kappa shape index (κ3) is 9.22. The van der Waals surface area contributed by atoms with E-state index in [1.807, 2.05) is 19.1 Å². The van der Waals surface area contributed by atoms with Gasteiger partial charge in [-0.3, -0.25) is 4.57 Å². The van der Waals surface area contributed by atoms with Gasteiger partial charge in [-0.15, -0.1) is 0 Å². The van der Waals surface area contributed by atoms with E-state index in [2.05, 4.69) is 26.8 Å². The lowest BCUT2D eigenvalue weighted by Gasteiger charge is -2.14. The van der Waals surface area contributed by atoms with E-state index in [9.17, 15) is 9.46 Å². The van der Waals surface area contributed by atoms with Gasteiger partial charge in [0.25, 0.3) is 0 Å². The van der Waals surface area contributed by atoms with E-state index in [1.54, 1.807) is 13.8 Å². The Morgan fingerprint density at radius 2 is 2.04 bits per heavy atom. The maximum absolute atomic E-state index is 11.8. The summed E-state index contributed by atoms with van der Waals surface area (Å²) in [5, 5.41) is 0. The summed E-state index contributed by atoms with van der Waals surface area (Å²) in [4.78, 5) is 9.64. The third-order valence-corrected chi connectivity index (χ3v) is 4.64. The molecule has 1 aromatic rings. The first-order chi connectivity index (χ1) is 11.6. The van der Waals surface area contributed by atoms with E-state index in [0.717, 1.165) is 24.2 Å². The molecule has 1 N–H and O–H groups in total. The van der Waals surface area contributed by atoms with Crippen LogP contribution in [0.1, 0.15) is 64.5 Å². The van der Waals surface area contributed by atoms with Crippen LogP contribution >= 0.6 is 7.60 Å². The summed E-state index contributed by atoms with van der Waals surface area (Å²) in [6.07, 6.45) is 5.57. The Balaban J connectivity index is 2.58. The van der Waals surface area contributed by atoms with E-state index in [4.69, 9.17) is 13.7 Å². The molecule has 1 unspecified atom stereocenters. The largest absolute Gasteiger partial charge is 0.459 e.